The van der Waals surface area contributed by atoms with Crippen molar-refractivity contribution in [3.63, 3.8) is 0 Å². The second-order valence-corrected chi connectivity index (χ2v) is 7.73. The molecule has 0 unspecified atom stereocenters. The fourth-order valence-corrected chi connectivity index (χ4v) is 4.01. The van der Waals surface area contributed by atoms with E-state index in [4.69, 9.17) is 16.3 Å². The van der Waals surface area contributed by atoms with Gasteiger partial charge in [-0.3, -0.25) is 0 Å². The SMILES string of the molecule is COC(=O)c1ccc(CNCCNc2nc(Cl)nc3c2ncn3C2CCCC2)cc1. The van der Waals surface area contributed by atoms with Gasteiger partial charge in [0.2, 0.25) is 5.28 Å². The molecule has 4 rings (SSSR count). The highest BCUT2D eigenvalue weighted by Gasteiger charge is 2.21. The first-order valence-corrected chi connectivity index (χ1v) is 10.6. The van der Waals surface area contributed by atoms with Gasteiger partial charge in [0.25, 0.3) is 0 Å². The molecule has 9 heteroatoms. The lowest BCUT2D eigenvalue weighted by Gasteiger charge is -2.12. The van der Waals surface area contributed by atoms with E-state index in [1.54, 1.807) is 12.1 Å². The average molecular weight is 429 g/mol. The molecule has 2 heterocycles. The lowest BCUT2D eigenvalue weighted by atomic mass is 10.1. The number of fused-ring (bicyclic) bond motifs is 1. The maximum absolute atomic E-state index is 11.5. The Morgan fingerprint density at radius 3 is 2.70 bits per heavy atom. The summed E-state index contributed by atoms with van der Waals surface area (Å²) in [6.07, 6.45) is 6.64. The van der Waals surface area contributed by atoms with Gasteiger partial charge in [-0.15, -0.1) is 0 Å². The molecule has 0 radical (unpaired) electrons. The summed E-state index contributed by atoms with van der Waals surface area (Å²) in [7, 11) is 1.38. The molecule has 30 heavy (non-hydrogen) atoms. The number of rotatable bonds is 8. The van der Waals surface area contributed by atoms with Gasteiger partial charge in [-0.1, -0.05) is 25.0 Å². The number of hydrogen-bond donors (Lipinski definition) is 2. The monoisotopic (exact) mass is 428 g/mol. The normalized spacial score (nSPS) is 14.3. The number of carbonyl (C=O) groups is 1. The number of nitrogens with zero attached hydrogens (tertiary/aromatic N) is 4. The summed E-state index contributed by atoms with van der Waals surface area (Å²) < 4.78 is 6.85. The second-order valence-electron chi connectivity index (χ2n) is 7.40. The Morgan fingerprint density at radius 1 is 1.20 bits per heavy atom. The van der Waals surface area contributed by atoms with E-state index in [1.165, 1.54) is 20.0 Å². The van der Waals surface area contributed by atoms with Crippen molar-refractivity contribution >= 4 is 34.6 Å². The van der Waals surface area contributed by atoms with Crippen molar-refractivity contribution in [3.8, 4) is 0 Å². The summed E-state index contributed by atoms with van der Waals surface area (Å²) in [5, 5.41) is 6.91. The second kappa shape index (κ2) is 9.40. The van der Waals surface area contributed by atoms with Crippen LogP contribution in [0.15, 0.2) is 30.6 Å². The summed E-state index contributed by atoms with van der Waals surface area (Å²) in [6, 6.07) is 7.80. The molecule has 0 aliphatic heterocycles. The third kappa shape index (κ3) is 4.55. The molecular weight excluding hydrogens is 404 g/mol. The van der Waals surface area contributed by atoms with Gasteiger partial charge >= 0.3 is 5.97 Å². The minimum absolute atomic E-state index is 0.225. The van der Waals surface area contributed by atoms with Crippen LogP contribution in [0.4, 0.5) is 5.82 Å². The van der Waals surface area contributed by atoms with Gasteiger partial charge in [0.1, 0.15) is 0 Å². The third-order valence-electron chi connectivity index (χ3n) is 5.41. The van der Waals surface area contributed by atoms with Crippen LogP contribution in [0.1, 0.15) is 47.6 Å². The van der Waals surface area contributed by atoms with Gasteiger partial charge in [-0.25, -0.2) is 9.78 Å². The quantitative estimate of drug-likeness (QED) is 0.321. The van der Waals surface area contributed by atoms with Crippen molar-refractivity contribution in [2.75, 3.05) is 25.5 Å². The molecule has 0 spiro atoms. The van der Waals surface area contributed by atoms with Crippen LogP contribution in [0, 0.1) is 0 Å². The molecule has 0 atom stereocenters. The highest BCUT2D eigenvalue weighted by Crippen LogP contribution is 2.32. The summed E-state index contributed by atoms with van der Waals surface area (Å²) in [4.78, 5) is 24.8. The van der Waals surface area contributed by atoms with E-state index in [0.29, 0.717) is 30.5 Å². The molecule has 1 aliphatic rings. The lowest BCUT2D eigenvalue weighted by Crippen LogP contribution is -2.22. The maximum atomic E-state index is 11.5. The van der Waals surface area contributed by atoms with Crippen LogP contribution in [0.2, 0.25) is 5.28 Å². The Morgan fingerprint density at radius 2 is 1.97 bits per heavy atom. The molecule has 0 bridgehead atoms. The first-order valence-electron chi connectivity index (χ1n) is 10.2. The van der Waals surface area contributed by atoms with Gasteiger partial charge in [-0.2, -0.15) is 9.97 Å². The standard InChI is InChI=1S/C21H25ClN6O2/c1-30-20(29)15-8-6-14(7-9-15)12-23-10-11-24-18-17-19(27-21(22)26-18)28(13-25-17)16-4-2-3-5-16/h6-9,13,16,23H,2-5,10-12H2,1H3,(H,24,26,27). The van der Waals surface area contributed by atoms with Crippen LogP contribution in [0.5, 0.6) is 0 Å². The zero-order valence-electron chi connectivity index (χ0n) is 16.9. The van der Waals surface area contributed by atoms with Crippen LogP contribution in [0.25, 0.3) is 11.2 Å². The van der Waals surface area contributed by atoms with Crippen LogP contribution >= 0.6 is 11.6 Å². The Bertz CT molecular complexity index is 1010. The van der Waals surface area contributed by atoms with Gasteiger partial charge < -0.3 is 19.9 Å². The van der Waals surface area contributed by atoms with E-state index < -0.39 is 0 Å². The van der Waals surface area contributed by atoms with E-state index in [9.17, 15) is 4.79 Å². The zero-order valence-corrected chi connectivity index (χ0v) is 17.7. The number of nitrogens with one attached hydrogen (secondary N) is 2. The summed E-state index contributed by atoms with van der Waals surface area (Å²) >= 11 is 6.17. The van der Waals surface area contributed by atoms with Crippen molar-refractivity contribution in [3.05, 3.63) is 47.0 Å². The molecule has 3 aromatic rings. The van der Waals surface area contributed by atoms with Crippen molar-refractivity contribution < 1.29 is 9.53 Å². The Labute approximate surface area is 180 Å². The van der Waals surface area contributed by atoms with E-state index in [2.05, 4.69) is 30.2 Å². The van der Waals surface area contributed by atoms with Gasteiger partial charge in [0, 0.05) is 25.7 Å². The topological polar surface area (TPSA) is 94.0 Å². The van der Waals surface area contributed by atoms with Crippen molar-refractivity contribution in [2.45, 2.75) is 38.3 Å². The summed E-state index contributed by atoms with van der Waals surface area (Å²) in [5.74, 6) is 0.329. The molecule has 0 amide bonds. The molecule has 2 aromatic heterocycles. The third-order valence-corrected chi connectivity index (χ3v) is 5.58. The molecule has 1 aromatic carbocycles. The first kappa shape index (κ1) is 20.6. The average Bonchev–Trinajstić information content (AvgIpc) is 3.43. The Hall–Kier alpha value is -2.71. The molecule has 0 saturated heterocycles. The van der Waals surface area contributed by atoms with Crippen LogP contribution < -0.4 is 10.6 Å². The first-order chi connectivity index (χ1) is 14.7. The van der Waals surface area contributed by atoms with Crippen molar-refractivity contribution in [1.82, 2.24) is 24.8 Å². The van der Waals surface area contributed by atoms with Crippen LogP contribution in [-0.4, -0.2) is 45.7 Å². The molecule has 1 aliphatic carbocycles. The summed E-state index contributed by atoms with van der Waals surface area (Å²) in [6.45, 7) is 2.09. The molecule has 2 N–H and O–H groups in total. The molecule has 1 saturated carbocycles. The van der Waals surface area contributed by atoms with Crippen molar-refractivity contribution in [2.24, 2.45) is 0 Å². The number of anilines is 1. The van der Waals surface area contributed by atoms with Gasteiger partial charge in [0.15, 0.2) is 17.0 Å². The fourth-order valence-electron chi connectivity index (χ4n) is 3.84. The number of halogens is 1. The number of benzene rings is 1. The lowest BCUT2D eigenvalue weighted by molar-refractivity contribution is 0.0600. The number of carbonyl (C=O) groups excluding carboxylic acids is 1. The number of imidazole rings is 1. The minimum Gasteiger partial charge on any atom is -0.465 e. The Balaban J connectivity index is 1.32. The molecule has 158 valence electrons. The number of hydrogen-bond acceptors (Lipinski definition) is 7. The molecule has 8 nitrogen and oxygen atoms in total. The highest BCUT2D eigenvalue weighted by molar-refractivity contribution is 6.28. The van der Waals surface area contributed by atoms with Crippen molar-refractivity contribution in [1.29, 1.82) is 0 Å². The van der Waals surface area contributed by atoms with E-state index >= 15 is 0 Å². The number of aromatic nitrogens is 4. The zero-order chi connectivity index (χ0) is 20.9. The number of ether oxygens (including phenoxy) is 1. The summed E-state index contributed by atoms with van der Waals surface area (Å²) in [5.41, 5.74) is 3.18. The number of esters is 1. The van der Waals surface area contributed by atoms with E-state index in [1.807, 2.05) is 18.5 Å². The fraction of sp³-hybridized carbons (Fsp3) is 0.429. The smallest absolute Gasteiger partial charge is 0.337 e. The van der Waals surface area contributed by atoms with Gasteiger partial charge in [0.05, 0.1) is 19.0 Å². The maximum Gasteiger partial charge on any atom is 0.337 e. The number of methoxy groups -OCH3 is 1. The van der Waals surface area contributed by atoms with E-state index in [-0.39, 0.29) is 11.3 Å². The van der Waals surface area contributed by atoms with Crippen LogP contribution in [0.3, 0.4) is 0 Å². The van der Waals surface area contributed by atoms with Crippen LogP contribution in [-0.2, 0) is 11.3 Å². The Kier molecular flexibility index (Phi) is 6.44. The molecular formula is C21H25ClN6O2. The highest BCUT2D eigenvalue weighted by atomic mass is 35.5. The largest absolute Gasteiger partial charge is 0.465 e. The minimum atomic E-state index is -0.330. The predicted octanol–water partition coefficient (Wildman–Crippen LogP) is 3.58. The van der Waals surface area contributed by atoms with E-state index in [0.717, 1.165) is 36.1 Å². The molecule has 1 fully saturated rings. The predicted molar refractivity (Wildman–Crippen MR) is 116 cm³/mol. The van der Waals surface area contributed by atoms with Gasteiger partial charge in [-0.05, 0) is 42.1 Å².